The largest absolute Gasteiger partial charge is 0.343 e. The number of nitrogens with one attached hydrogen (secondary N) is 1. The van der Waals surface area contributed by atoms with Gasteiger partial charge in [0, 0.05) is 37.9 Å². The average Bonchev–Trinajstić information content (AvgIpc) is 2.98. The van der Waals surface area contributed by atoms with Crippen LogP contribution in [0.3, 0.4) is 0 Å². The second kappa shape index (κ2) is 7.66. The summed E-state index contributed by atoms with van der Waals surface area (Å²) in [6.45, 7) is 5.29. The summed E-state index contributed by atoms with van der Waals surface area (Å²) in [4.78, 5) is 14.1. The highest BCUT2D eigenvalue weighted by Crippen LogP contribution is 2.26. The van der Waals surface area contributed by atoms with E-state index in [0.717, 1.165) is 31.4 Å². The van der Waals surface area contributed by atoms with Gasteiger partial charge < -0.3 is 10.2 Å². The molecule has 0 saturated heterocycles. The van der Waals surface area contributed by atoms with Crippen LogP contribution in [0.15, 0.2) is 43.0 Å². The van der Waals surface area contributed by atoms with E-state index in [1.54, 1.807) is 19.0 Å². The fourth-order valence-corrected chi connectivity index (χ4v) is 3.38. The summed E-state index contributed by atoms with van der Waals surface area (Å²) in [6.07, 6.45) is 4.66. The number of amides is 1. The van der Waals surface area contributed by atoms with Crippen LogP contribution in [-0.2, 0) is 25.9 Å². The van der Waals surface area contributed by atoms with E-state index in [4.69, 9.17) is 0 Å². The van der Waals surface area contributed by atoms with Gasteiger partial charge in [0.25, 0.3) is 5.91 Å². The van der Waals surface area contributed by atoms with E-state index in [-0.39, 0.29) is 5.91 Å². The second-order valence-corrected chi connectivity index (χ2v) is 6.75. The number of allylic oxidation sites excluding steroid dienone is 1. The van der Waals surface area contributed by atoms with Gasteiger partial charge >= 0.3 is 0 Å². The van der Waals surface area contributed by atoms with E-state index in [9.17, 15) is 4.79 Å². The van der Waals surface area contributed by atoms with E-state index in [0.29, 0.717) is 18.3 Å². The first-order valence-electron chi connectivity index (χ1n) is 8.78. The topological polar surface area (TPSA) is 50.2 Å². The van der Waals surface area contributed by atoms with E-state index in [2.05, 4.69) is 41.3 Å². The molecule has 2 aromatic rings. The summed E-state index contributed by atoms with van der Waals surface area (Å²) in [5, 5.41) is 8.22. The first kappa shape index (κ1) is 17.4. The third kappa shape index (κ3) is 3.82. The SMILES string of the molecule is C=CCn1nc(C(=O)N(C)C)c2c1CCC(NCc1ccccc1)C2. The van der Waals surface area contributed by atoms with Crippen molar-refractivity contribution in [1.29, 1.82) is 0 Å². The minimum Gasteiger partial charge on any atom is -0.343 e. The van der Waals surface area contributed by atoms with Crippen molar-refractivity contribution in [2.24, 2.45) is 0 Å². The molecule has 0 saturated carbocycles. The Morgan fingerprint density at radius 3 is 2.84 bits per heavy atom. The summed E-state index contributed by atoms with van der Waals surface area (Å²) in [7, 11) is 3.55. The van der Waals surface area contributed by atoms with Crippen molar-refractivity contribution in [2.75, 3.05) is 14.1 Å². The van der Waals surface area contributed by atoms with Crippen LogP contribution in [0.1, 0.15) is 33.7 Å². The monoisotopic (exact) mass is 338 g/mol. The minimum absolute atomic E-state index is 0.0252. The van der Waals surface area contributed by atoms with Crippen LogP contribution in [0.25, 0.3) is 0 Å². The van der Waals surface area contributed by atoms with Gasteiger partial charge in [0.2, 0.25) is 0 Å². The van der Waals surface area contributed by atoms with Crippen LogP contribution in [0.4, 0.5) is 0 Å². The van der Waals surface area contributed by atoms with Crippen molar-refractivity contribution in [3.05, 3.63) is 65.5 Å². The van der Waals surface area contributed by atoms with Gasteiger partial charge in [-0.25, -0.2) is 0 Å². The number of hydrogen-bond donors (Lipinski definition) is 1. The van der Waals surface area contributed by atoms with E-state index >= 15 is 0 Å². The van der Waals surface area contributed by atoms with Crippen LogP contribution in [-0.4, -0.2) is 40.7 Å². The summed E-state index contributed by atoms with van der Waals surface area (Å²) in [6, 6.07) is 10.8. The van der Waals surface area contributed by atoms with Gasteiger partial charge in [-0.05, 0) is 24.8 Å². The molecule has 0 spiro atoms. The van der Waals surface area contributed by atoms with Crippen molar-refractivity contribution in [3.8, 4) is 0 Å². The van der Waals surface area contributed by atoms with Crippen LogP contribution in [0, 0.1) is 0 Å². The number of carbonyl (C=O) groups excluding carboxylic acids is 1. The van der Waals surface area contributed by atoms with Crippen LogP contribution >= 0.6 is 0 Å². The molecule has 5 nitrogen and oxygen atoms in total. The lowest BCUT2D eigenvalue weighted by molar-refractivity contribution is 0.0820. The highest BCUT2D eigenvalue weighted by molar-refractivity contribution is 5.93. The normalized spacial score (nSPS) is 16.3. The maximum atomic E-state index is 12.5. The molecule has 25 heavy (non-hydrogen) atoms. The van der Waals surface area contributed by atoms with Crippen LogP contribution in [0.5, 0.6) is 0 Å². The predicted octanol–water partition coefficient (Wildman–Crippen LogP) is 2.42. The Bertz CT molecular complexity index is 749. The van der Waals surface area contributed by atoms with Gasteiger partial charge in [0.15, 0.2) is 5.69 Å². The van der Waals surface area contributed by atoms with Crippen molar-refractivity contribution in [1.82, 2.24) is 20.0 Å². The number of nitrogens with zero attached hydrogens (tertiary/aromatic N) is 3. The third-order valence-electron chi connectivity index (χ3n) is 4.70. The molecule has 1 atom stereocenters. The third-order valence-corrected chi connectivity index (χ3v) is 4.70. The zero-order valence-corrected chi connectivity index (χ0v) is 15.0. The highest BCUT2D eigenvalue weighted by Gasteiger charge is 2.29. The number of rotatable bonds is 6. The number of carbonyl (C=O) groups is 1. The van der Waals surface area contributed by atoms with Crippen molar-refractivity contribution in [2.45, 2.75) is 38.4 Å². The quantitative estimate of drug-likeness (QED) is 0.823. The minimum atomic E-state index is -0.0252. The smallest absolute Gasteiger partial charge is 0.274 e. The van der Waals surface area contributed by atoms with Gasteiger partial charge in [0.05, 0.1) is 6.54 Å². The first-order valence-corrected chi connectivity index (χ1v) is 8.78. The Morgan fingerprint density at radius 1 is 1.40 bits per heavy atom. The molecule has 3 rings (SSSR count). The summed E-state index contributed by atoms with van der Waals surface area (Å²) in [5.74, 6) is -0.0252. The Hall–Kier alpha value is -2.40. The molecule has 0 radical (unpaired) electrons. The molecular formula is C20H26N4O. The molecule has 1 heterocycles. The molecule has 0 fully saturated rings. The maximum Gasteiger partial charge on any atom is 0.274 e. The average molecular weight is 338 g/mol. The van der Waals surface area contributed by atoms with Crippen molar-refractivity contribution < 1.29 is 4.79 Å². The zero-order chi connectivity index (χ0) is 17.8. The Kier molecular flexibility index (Phi) is 5.34. The lowest BCUT2D eigenvalue weighted by atomic mass is 9.91. The number of aromatic nitrogens is 2. The molecule has 0 aliphatic heterocycles. The van der Waals surface area contributed by atoms with Gasteiger partial charge in [0.1, 0.15) is 0 Å². The van der Waals surface area contributed by atoms with Gasteiger partial charge in [-0.15, -0.1) is 6.58 Å². The molecule has 1 N–H and O–H groups in total. The molecule has 0 bridgehead atoms. The fourth-order valence-electron chi connectivity index (χ4n) is 3.38. The van der Waals surface area contributed by atoms with Gasteiger partial charge in [-0.2, -0.15) is 5.10 Å². The number of hydrogen-bond acceptors (Lipinski definition) is 3. The highest BCUT2D eigenvalue weighted by atomic mass is 16.2. The Morgan fingerprint density at radius 2 is 2.16 bits per heavy atom. The molecule has 1 amide bonds. The Labute approximate surface area is 149 Å². The van der Waals surface area contributed by atoms with E-state index in [1.165, 1.54) is 11.3 Å². The van der Waals surface area contributed by atoms with E-state index < -0.39 is 0 Å². The van der Waals surface area contributed by atoms with Gasteiger partial charge in [-0.3, -0.25) is 9.48 Å². The molecule has 5 heteroatoms. The molecule has 1 aromatic heterocycles. The van der Waals surface area contributed by atoms with E-state index in [1.807, 2.05) is 16.8 Å². The summed E-state index contributed by atoms with van der Waals surface area (Å²) in [5.41, 5.74) is 4.15. The number of benzene rings is 1. The van der Waals surface area contributed by atoms with Gasteiger partial charge in [-0.1, -0.05) is 36.4 Å². The summed E-state index contributed by atoms with van der Waals surface area (Å²) < 4.78 is 1.94. The lowest BCUT2D eigenvalue weighted by Gasteiger charge is -2.25. The molecule has 132 valence electrons. The van der Waals surface area contributed by atoms with Crippen molar-refractivity contribution >= 4 is 5.91 Å². The lowest BCUT2D eigenvalue weighted by Crippen LogP contribution is -2.35. The Balaban J connectivity index is 1.78. The first-order chi connectivity index (χ1) is 12.1. The molecular weight excluding hydrogens is 312 g/mol. The number of fused-ring (bicyclic) bond motifs is 1. The van der Waals surface area contributed by atoms with Crippen LogP contribution < -0.4 is 5.32 Å². The predicted molar refractivity (Wildman–Crippen MR) is 99.5 cm³/mol. The fraction of sp³-hybridized carbons (Fsp3) is 0.400. The summed E-state index contributed by atoms with van der Waals surface area (Å²) >= 11 is 0. The standard InChI is InChI=1S/C20H26N4O/c1-4-12-24-18-11-10-16(21-14-15-8-6-5-7-9-15)13-17(18)19(22-24)20(25)23(2)3/h4-9,16,21H,1,10-14H2,2-3H3. The molecule has 1 aliphatic rings. The molecule has 1 unspecified atom stereocenters. The molecule has 1 aliphatic carbocycles. The molecule has 1 aromatic carbocycles. The maximum absolute atomic E-state index is 12.5. The van der Waals surface area contributed by atoms with Crippen molar-refractivity contribution in [3.63, 3.8) is 0 Å². The second-order valence-electron chi connectivity index (χ2n) is 6.75. The zero-order valence-electron chi connectivity index (χ0n) is 15.0. The van der Waals surface area contributed by atoms with Crippen LogP contribution in [0.2, 0.25) is 0 Å².